The van der Waals surface area contributed by atoms with Gasteiger partial charge in [0.05, 0.1) is 17.6 Å². The average Bonchev–Trinajstić information content (AvgIpc) is 2.76. The van der Waals surface area contributed by atoms with Crippen LogP contribution in [0.5, 0.6) is 0 Å². The number of halogens is 1. The molecule has 0 bridgehead atoms. The number of benzene rings is 1. The molecule has 0 unspecified atom stereocenters. The second-order valence-electron chi connectivity index (χ2n) is 4.39. The number of imidazole rings is 1. The van der Waals surface area contributed by atoms with Crippen LogP contribution in [0.3, 0.4) is 0 Å². The molecule has 1 aromatic carbocycles. The third kappa shape index (κ3) is 4.48. The number of para-hydroxylation sites is 2. The Morgan fingerprint density at radius 1 is 1.24 bits per heavy atom. The number of nitrogens with zero attached hydrogens (tertiary/aromatic N) is 2. The number of hydrogen-bond acceptors (Lipinski definition) is 2. The van der Waals surface area contributed by atoms with Gasteiger partial charge in [-0.2, -0.15) is 0 Å². The monoisotopic (exact) mass is 403 g/mol. The molecule has 0 aliphatic carbocycles. The number of aromatic nitrogens is 2. The Labute approximate surface area is 141 Å². The molecule has 0 saturated carbocycles. The predicted molar refractivity (Wildman–Crippen MR) is 97.6 cm³/mol. The minimum Gasteiger partial charge on any atom is -0.357 e. The van der Waals surface area contributed by atoms with E-state index >= 15 is 0 Å². The lowest BCUT2D eigenvalue weighted by Crippen LogP contribution is -2.37. The summed E-state index contributed by atoms with van der Waals surface area (Å²) < 4.78 is 1.72. The van der Waals surface area contributed by atoms with Crippen LogP contribution in [0.25, 0.3) is 11.0 Å². The van der Waals surface area contributed by atoms with Crippen LogP contribution in [0, 0.1) is 0 Å². The smallest absolute Gasteiger partial charge is 0.326 e. The van der Waals surface area contributed by atoms with Gasteiger partial charge in [-0.05, 0) is 26.0 Å². The quantitative estimate of drug-likeness (QED) is 0.403. The summed E-state index contributed by atoms with van der Waals surface area (Å²) in [5, 5.41) is 6.32. The number of aromatic amines is 1. The normalized spacial score (nSPS) is 10.0. The lowest BCUT2D eigenvalue weighted by molar-refractivity contribution is 0.696. The van der Waals surface area contributed by atoms with Crippen LogP contribution < -0.4 is 16.3 Å². The zero-order valence-electron chi connectivity index (χ0n) is 12.3. The van der Waals surface area contributed by atoms with Gasteiger partial charge in [-0.3, -0.25) is 9.56 Å². The fraction of sp³-hybridized carbons (Fsp3) is 0.429. The molecule has 21 heavy (non-hydrogen) atoms. The molecule has 2 rings (SSSR count). The molecule has 0 radical (unpaired) electrons. The second kappa shape index (κ2) is 8.71. The third-order valence-electron chi connectivity index (χ3n) is 2.96. The first-order valence-electron chi connectivity index (χ1n) is 6.96. The van der Waals surface area contributed by atoms with Crippen LogP contribution in [0.15, 0.2) is 34.1 Å². The van der Waals surface area contributed by atoms with Gasteiger partial charge in [-0.1, -0.05) is 12.1 Å². The van der Waals surface area contributed by atoms with E-state index in [-0.39, 0.29) is 29.7 Å². The first-order valence-corrected chi connectivity index (χ1v) is 6.96. The zero-order chi connectivity index (χ0) is 14.4. The summed E-state index contributed by atoms with van der Waals surface area (Å²) >= 11 is 0. The van der Waals surface area contributed by atoms with Gasteiger partial charge in [-0.25, -0.2) is 4.79 Å². The highest BCUT2D eigenvalue weighted by Gasteiger charge is 2.04. The maximum absolute atomic E-state index is 11.9. The van der Waals surface area contributed by atoms with Gasteiger partial charge in [0.25, 0.3) is 0 Å². The number of H-pyrrole nitrogens is 1. The Morgan fingerprint density at radius 2 is 1.90 bits per heavy atom. The van der Waals surface area contributed by atoms with Crippen molar-refractivity contribution in [1.29, 1.82) is 0 Å². The number of aliphatic imine (C=N–C) groups is 1. The van der Waals surface area contributed by atoms with Crippen LogP contribution in [0.2, 0.25) is 0 Å². The van der Waals surface area contributed by atoms with Crippen molar-refractivity contribution in [3.05, 3.63) is 34.7 Å². The minimum absolute atomic E-state index is 0. The Bertz CT molecular complexity index is 638. The molecule has 0 aliphatic heterocycles. The van der Waals surface area contributed by atoms with Gasteiger partial charge in [0.2, 0.25) is 0 Å². The van der Waals surface area contributed by atoms with E-state index < -0.39 is 0 Å². The molecule has 0 amide bonds. The molecule has 0 spiro atoms. The Morgan fingerprint density at radius 3 is 2.57 bits per heavy atom. The Hall–Kier alpha value is -1.51. The van der Waals surface area contributed by atoms with E-state index in [0.717, 1.165) is 30.1 Å². The summed E-state index contributed by atoms with van der Waals surface area (Å²) in [6.07, 6.45) is 0. The molecule has 1 aromatic heterocycles. The molecule has 116 valence electrons. The van der Waals surface area contributed by atoms with Crippen LogP contribution in [0.4, 0.5) is 0 Å². The van der Waals surface area contributed by atoms with Gasteiger partial charge >= 0.3 is 5.69 Å². The SMILES string of the molecule is CCNC(=NCCn1c(=O)[nH]c2ccccc21)NCC.I. The molecule has 3 N–H and O–H groups in total. The topological polar surface area (TPSA) is 74.2 Å². The van der Waals surface area contributed by atoms with Crippen molar-refractivity contribution in [3.63, 3.8) is 0 Å². The van der Waals surface area contributed by atoms with Crippen molar-refractivity contribution in [1.82, 2.24) is 20.2 Å². The van der Waals surface area contributed by atoms with Gasteiger partial charge in [0.15, 0.2) is 5.96 Å². The summed E-state index contributed by atoms with van der Waals surface area (Å²) in [4.78, 5) is 19.2. The van der Waals surface area contributed by atoms with Crippen molar-refractivity contribution in [2.24, 2.45) is 4.99 Å². The third-order valence-corrected chi connectivity index (χ3v) is 2.96. The molecule has 0 atom stereocenters. The highest BCUT2D eigenvalue weighted by Crippen LogP contribution is 2.08. The van der Waals surface area contributed by atoms with Crippen molar-refractivity contribution in [2.45, 2.75) is 20.4 Å². The largest absolute Gasteiger partial charge is 0.357 e. The van der Waals surface area contributed by atoms with Crippen molar-refractivity contribution < 1.29 is 0 Å². The fourth-order valence-electron chi connectivity index (χ4n) is 2.10. The first kappa shape index (κ1) is 17.5. The molecule has 0 aliphatic rings. The number of guanidine groups is 1. The van der Waals surface area contributed by atoms with E-state index in [2.05, 4.69) is 20.6 Å². The van der Waals surface area contributed by atoms with E-state index in [1.807, 2.05) is 38.1 Å². The molecular formula is C14H22IN5O. The predicted octanol–water partition coefficient (Wildman–Crippen LogP) is 1.52. The molecule has 6 nitrogen and oxygen atoms in total. The van der Waals surface area contributed by atoms with E-state index in [9.17, 15) is 4.79 Å². The standard InChI is InChI=1S/C14H21N5O.HI/c1-3-15-13(16-4-2)17-9-10-19-12-8-6-5-7-11(12)18-14(19)20;/h5-8H,3-4,9-10H2,1-2H3,(H,18,20)(H2,15,16,17);1H. The van der Waals surface area contributed by atoms with Gasteiger partial charge in [-0.15, -0.1) is 24.0 Å². The van der Waals surface area contributed by atoms with Crippen LogP contribution in [-0.4, -0.2) is 35.1 Å². The van der Waals surface area contributed by atoms with E-state index in [1.165, 1.54) is 0 Å². The average molecular weight is 403 g/mol. The molecule has 2 aromatic rings. The summed E-state index contributed by atoms with van der Waals surface area (Å²) in [6.45, 7) is 6.80. The number of fused-ring (bicyclic) bond motifs is 1. The summed E-state index contributed by atoms with van der Waals surface area (Å²) in [6, 6.07) is 7.68. The van der Waals surface area contributed by atoms with Gasteiger partial charge in [0.1, 0.15) is 0 Å². The lowest BCUT2D eigenvalue weighted by atomic mass is 10.3. The highest BCUT2D eigenvalue weighted by atomic mass is 127. The Kier molecular flexibility index (Phi) is 7.27. The molecular weight excluding hydrogens is 381 g/mol. The molecule has 1 heterocycles. The van der Waals surface area contributed by atoms with Crippen LogP contribution in [0.1, 0.15) is 13.8 Å². The molecule has 0 fully saturated rings. The lowest BCUT2D eigenvalue weighted by Gasteiger charge is -2.09. The number of nitrogens with one attached hydrogen (secondary N) is 3. The van der Waals surface area contributed by atoms with Gasteiger partial charge < -0.3 is 15.6 Å². The maximum atomic E-state index is 11.9. The minimum atomic E-state index is -0.0881. The van der Waals surface area contributed by atoms with Crippen molar-refractivity contribution >= 4 is 41.0 Å². The van der Waals surface area contributed by atoms with E-state index in [0.29, 0.717) is 13.1 Å². The maximum Gasteiger partial charge on any atom is 0.326 e. The highest BCUT2D eigenvalue weighted by molar-refractivity contribution is 14.0. The van der Waals surface area contributed by atoms with E-state index in [1.54, 1.807) is 4.57 Å². The second-order valence-corrected chi connectivity index (χ2v) is 4.39. The van der Waals surface area contributed by atoms with Crippen LogP contribution >= 0.6 is 24.0 Å². The van der Waals surface area contributed by atoms with Gasteiger partial charge in [0, 0.05) is 19.6 Å². The molecule has 0 saturated heterocycles. The molecule has 7 heteroatoms. The number of rotatable bonds is 5. The fourth-order valence-corrected chi connectivity index (χ4v) is 2.10. The summed E-state index contributed by atoms with van der Waals surface area (Å²) in [7, 11) is 0. The van der Waals surface area contributed by atoms with Crippen molar-refractivity contribution in [2.75, 3.05) is 19.6 Å². The van der Waals surface area contributed by atoms with E-state index in [4.69, 9.17) is 0 Å². The summed E-state index contributed by atoms with van der Waals surface area (Å²) in [5.74, 6) is 0.780. The number of hydrogen-bond donors (Lipinski definition) is 3. The van der Waals surface area contributed by atoms with Crippen LogP contribution in [-0.2, 0) is 6.54 Å². The summed E-state index contributed by atoms with van der Waals surface area (Å²) in [5.41, 5.74) is 1.69. The zero-order valence-corrected chi connectivity index (χ0v) is 14.7. The first-order chi connectivity index (χ1) is 9.76. The van der Waals surface area contributed by atoms with Crippen molar-refractivity contribution in [3.8, 4) is 0 Å². The Balaban J connectivity index is 0.00000220.